The van der Waals surface area contributed by atoms with Crippen LogP contribution < -0.4 is 10.9 Å². The zero-order valence-corrected chi connectivity index (χ0v) is 14.7. The zero-order valence-electron chi connectivity index (χ0n) is 14.7. The first-order chi connectivity index (χ1) is 10.9. The minimum absolute atomic E-state index is 0.0725. The average Bonchev–Trinajstić information content (AvgIpc) is 2.46. The van der Waals surface area contributed by atoms with E-state index >= 15 is 0 Å². The minimum Gasteiger partial charge on any atom is -0.352 e. The molecule has 128 valence electrons. The summed E-state index contributed by atoms with van der Waals surface area (Å²) in [5.74, 6) is 0.813. The number of nitrogens with one attached hydrogen (secondary N) is 2. The van der Waals surface area contributed by atoms with E-state index in [-0.39, 0.29) is 17.4 Å². The minimum atomic E-state index is -0.102. The van der Waals surface area contributed by atoms with E-state index in [2.05, 4.69) is 29.0 Å². The Balaban J connectivity index is 1.86. The number of aromatic amines is 1. The largest absolute Gasteiger partial charge is 0.352 e. The van der Waals surface area contributed by atoms with Gasteiger partial charge in [-0.1, -0.05) is 13.8 Å². The van der Waals surface area contributed by atoms with Crippen LogP contribution in [0.2, 0.25) is 0 Å². The van der Waals surface area contributed by atoms with Crippen LogP contribution in [-0.2, 0) is 11.3 Å². The van der Waals surface area contributed by atoms with Gasteiger partial charge in [0.1, 0.15) is 0 Å². The normalized spacial score (nSPS) is 16.7. The molecule has 1 saturated heterocycles. The molecule has 0 spiro atoms. The van der Waals surface area contributed by atoms with Crippen LogP contribution in [-0.4, -0.2) is 35.4 Å². The molecule has 0 saturated carbocycles. The molecule has 1 aliphatic heterocycles. The Bertz CT molecular complexity index is 599. The van der Waals surface area contributed by atoms with Crippen molar-refractivity contribution >= 4 is 5.91 Å². The smallest absolute Gasteiger partial charge is 0.253 e. The third-order valence-electron chi connectivity index (χ3n) is 4.51. The lowest BCUT2D eigenvalue weighted by Gasteiger charge is -2.32. The van der Waals surface area contributed by atoms with E-state index in [0.717, 1.165) is 43.7 Å². The van der Waals surface area contributed by atoms with Crippen LogP contribution in [0.3, 0.4) is 0 Å². The summed E-state index contributed by atoms with van der Waals surface area (Å²) in [6.45, 7) is 11.6. The van der Waals surface area contributed by atoms with Crippen molar-refractivity contribution in [2.75, 3.05) is 19.6 Å². The van der Waals surface area contributed by atoms with Crippen LogP contribution in [0.4, 0.5) is 0 Å². The lowest BCUT2D eigenvalue weighted by molar-refractivity contribution is -0.126. The molecule has 1 amide bonds. The predicted molar refractivity (Wildman–Crippen MR) is 92.4 cm³/mol. The van der Waals surface area contributed by atoms with E-state index in [1.165, 1.54) is 0 Å². The first-order valence-electron chi connectivity index (χ1n) is 8.56. The summed E-state index contributed by atoms with van der Waals surface area (Å²) in [4.78, 5) is 29.6. The van der Waals surface area contributed by atoms with Crippen molar-refractivity contribution in [3.8, 4) is 0 Å². The molecule has 2 heterocycles. The Morgan fingerprint density at radius 3 is 2.57 bits per heavy atom. The number of nitrogens with zero attached hydrogens (tertiary/aromatic N) is 1. The van der Waals surface area contributed by atoms with E-state index < -0.39 is 0 Å². The second-order valence-electron chi connectivity index (χ2n) is 7.13. The van der Waals surface area contributed by atoms with Gasteiger partial charge in [0.25, 0.3) is 5.56 Å². The van der Waals surface area contributed by atoms with E-state index in [9.17, 15) is 9.59 Å². The third kappa shape index (κ3) is 4.93. The van der Waals surface area contributed by atoms with Crippen LogP contribution in [0.15, 0.2) is 10.9 Å². The van der Waals surface area contributed by atoms with E-state index in [0.29, 0.717) is 18.0 Å². The van der Waals surface area contributed by atoms with Gasteiger partial charge in [0.2, 0.25) is 5.91 Å². The Labute approximate surface area is 138 Å². The highest BCUT2D eigenvalue weighted by Crippen LogP contribution is 2.18. The molecule has 0 bridgehead atoms. The van der Waals surface area contributed by atoms with Gasteiger partial charge in [-0.3, -0.25) is 9.59 Å². The van der Waals surface area contributed by atoms with E-state index in [4.69, 9.17) is 0 Å². The van der Waals surface area contributed by atoms with Crippen molar-refractivity contribution in [3.05, 3.63) is 33.2 Å². The number of aryl methyl sites for hydroxylation is 2. The van der Waals surface area contributed by atoms with Crippen LogP contribution >= 0.6 is 0 Å². The van der Waals surface area contributed by atoms with Crippen LogP contribution in [0.25, 0.3) is 0 Å². The van der Waals surface area contributed by atoms with Gasteiger partial charge in [0.05, 0.1) is 0 Å². The number of likely N-dealkylation sites (tertiary alicyclic amines) is 1. The van der Waals surface area contributed by atoms with E-state index in [1.807, 2.05) is 19.9 Å². The quantitative estimate of drug-likeness (QED) is 0.872. The lowest BCUT2D eigenvalue weighted by atomic mass is 9.95. The second kappa shape index (κ2) is 7.77. The first kappa shape index (κ1) is 17.7. The molecule has 0 unspecified atom stereocenters. The number of pyridine rings is 1. The van der Waals surface area contributed by atoms with Gasteiger partial charge in [-0.25, -0.2) is 0 Å². The summed E-state index contributed by atoms with van der Waals surface area (Å²) >= 11 is 0. The predicted octanol–water partition coefficient (Wildman–Crippen LogP) is 1.98. The second-order valence-corrected chi connectivity index (χ2v) is 7.13. The number of carbonyl (C=O) groups is 1. The molecule has 1 fully saturated rings. The fourth-order valence-electron chi connectivity index (χ4n) is 3.32. The van der Waals surface area contributed by atoms with Crippen LogP contribution in [0, 0.1) is 25.7 Å². The Hall–Kier alpha value is -1.62. The molecule has 0 atom stereocenters. The molecule has 0 aliphatic carbocycles. The van der Waals surface area contributed by atoms with Crippen molar-refractivity contribution in [1.29, 1.82) is 0 Å². The van der Waals surface area contributed by atoms with Crippen LogP contribution in [0.5, 0.6) is 0 Å². The highest BCUT2D eigenvalue weighted by atomic mass is 16.2. The maximum atomic E-state index is 12.3. The topological polar surface area (TPSA) is 65.2 Å². The molecule has 0 aromatic carbocycles. The number of rotatable bonds is 5. The van der Waals surface area contributed by atoms with E-state index in [1.54, 1.807) is 0 Å². The monoisotopic (exact) mass is 319 g/mol. The van der Waals surface area contributed by atoms with Crippen molar-refractivity contribution < 1.29 is 4.79 Å². The molecule has 0 radical (unpaired) electrons. The van der Waals surface area contributed by atoms with Gasteiger partial charge in [-0.05, 0) is 57.3 Å². The fraction of sp³-hybridized carbons (Fsp3) is 0.667. The number of aromatic nitrogens is 1. The Morgan fingerprint density at radius 1 is 1.35 bits per heavy atom. The van der Waals surface area contributed by atoms with Crippen molar-refractivity contribution in [2.45, 2.75) is 47.1 Å². The molecule has 5 heteroatoms. The summed E-state index contributed by atoms with van der Waals surface area (Å²) in [7, 11) is 0. The molecule has 5 nitrogen and oxygen atoms in total. The maximum Gasteiger partial charge on any atom is 0.253 e. The summed E-state index contributed by atoms with van der Waals surface area (Å²) < 4.78 is 0. The van der Waals surface area contributed by atoms with Crippen molar-refractivity contribution in [2.24, 2.45) is 11.8 Å². The molecular formula is C18H29N3O2. The molecule has 1 aliphatic rings. The Kier molecular flexibility index (Phi) is 5.99. The molecule has 2 rings (SSSR count). The number of carbonyl (C=O) groups excluding carboxylic acids is 1. The first-order valence-corrected chi connectivity index (χ1v) is 8.56. The summed E-state index contributed by atoms with van der Waals surface area (Å²) in [5.41, 5.74) is 2.33. The van der Waals surface area contributed by atoms with Crippen molar-refractivity contribution in [3.63, 3.8) is 0 Å². The third-order valence-corrected chi connectivity index (χ3v) is 4.51. The molecule has 2 N–H and O–H groups in total. The zero-order chi connectivity index (χ0) is 17.0. The standard InChI is InChI=1S/C18H29N3O2/c1-12(2)11-21-7-5-15(6-8-21)17(22)19-10-16-13(3)9-14(4)20-18(16)23/h9,12,15H,5-8,10-11H2,1-4H3,(H,19,22)(H,20,23). The van der Waals surface area contributed by atoms with Gasteiger partial charge < -0.3 is 15.2 Å². The van der Waals surface area contributed by atoms with Gasteiger partial charge in [-0.2, -0.15) is 0 Å². The number of hydrogen-bond acceptors (Lipinski definition) is 3. The fourth-order valence-corrected chi connectivity index (χ4v) is 3.32. The number of H-pyrrole nitrogens is 1. The lowest BCUT2D eigenvalue weighted by Crippen LogP contribution is -2.41. The van der Waals surface area contributed by atoms with Gasteiger partial charge >= 0.3 is 0 Å². The molecule has 23 heavy (non-hydrogen) atoms. The molecule has 1 aromatic rings. The SMILES string of the molecule is Cc1cc(C)c(CNC(=O)C2CCN(CC(C)C)CC2)c(=O)[nH]1. The van der Waals surface area contributed by atoms with Gasteiger partial charge in [-0.15, -0.1) is 0 Å². The van der Waals surface area contributed by atoms with Gasteiger partial charge in [0.15, 0.2) is 0 Å². The molecular weight excluding hydrogens is 290 g/mol. The average molecular weight is 319 g/mol. The maximum absolute atomic E-state index is 12.3. The molecule has 1 aromatic heterocycles. The number of piperidine rings is 1. The van der Waals surface area contributed by atoms with Gasteiger partial charge in [0, 0.05) is 30.3 Å². The number of amides is 1. The summed E-state index contributed by atoms with van der Waals surface area (Å²) in [5, 5.41) is 2.95. The summed E-state index contributed by atoms with van der Waals surface area (Å²) in [6, 6.07) is 1.94. The Morgan fingerprint density at radius 2 is 2.00 bits per heavy atom. The van der Waals surface area contributed by atoms with Crippen molar-refractivity contribution in [1.82, 2.24) is 15.2 Å². The highest BCUT2D eigenvalue weighted by Gasteiger charge is 2.25. The summed E-state index contributed by atoms with van der Waals surface area (Å²) in [6.07, 6.45) is 1.81. The van der Waals surface area contributed by atoms with Crippen LogP contribution in [0.1, 0.15) is 43.5 Å². The number of hydrogen-bond donors (Lipinski definition) is 2. The highest BCUT2D eigenvalue weighted by molar-refractivity contribution is 5.78.